The zero-order chi connectivity index (χ0) is 14.5. The largest absolute Gasteiger partial charge is 0.294 e. The molecule has 0 fully saturated rings. The Morgan fingerprint density at radius 1 is 1.10 bits per heavy atom. The van der Waals surface area contributed by atoms with Gasteiger partial charge in [0.1, 0.15) is 5.82 Å². The number of halogens is 1. The summed E-state index contributed by atoms with van der Waals surface area (Å²) < 4.78 is 12.7. The Morgan fingerprint density at radius 3 is 2.40 bits per heavy atom. The first-order valence-electron chi connectivity index (χ1n) is 5.63. The Hall–Kier alpha value is -2.77. The molecule has 0 spiro atoms. The fourth-order valence-electron chi connectivity index (χ4n) is 1.48. The molecule has 0 saturated heterocycles. The van der Waals surface area contributed by atoms with Crippen molar-refractivity contribution in [2.75, 3.05) is 0 Å². The Morgan fingerprint density at radius 2 is 1.80 bits per heavy atom. The number of carbonyl (C=O) groups is 3. The molecule has 102 valence electrons. The van der Waals surface area contributed by atoms with Crippen LogP contribution in [0.1, 0.15) is 22.6 Å². The van der Waals surface area contributed by atoms with Gasteiger partial charge in [-0.1, -0.05) is 5.21 Å². The molecule has 0 unspecified atom stereocenters. The zero-order valence-corrected chi connectivity index (χ0v) is 10.2. The number of nitrogens with zero attached hydrogens (tertiary/aromatic N) is 3. The van der Waals surface area contributed by atoms with Gasteiger partial charge in [-0.2, -0.15) is 5.21 Å². The third-order valence-electron chi connectivity index (χ3n) is 2.51. The summed E-state index contributed by atoms with van der Waals surface area (Å²) in [5, 5.41) is 12.5. The average molecular weight is 276 g/mol. The lowest BCUT2D eigenvalue weighted by molar-refractivity contribution is -0.135. The molecular formula is C12H9FN4O3. The van der Waals surface area contributed by atoms with Crippen LogP contribution in [-0.4, -0.2) is 38.0 Å². The van der Waals surface area contributed by atoms with Crippen molar-refractivity contribution >= 4 is 17.3 Å². The van der Waals surface area contributed by atoms with Crippen LogP contribution in [0.25, 0.3) is 0 Å². The molecule has 0 amide bonds. The van der Waals surface area contributed by atoms with Crippen LogP contribution in [0, 0.1) is 5.82 Å². The van der Waals surface area contributed by atoms with Crippen LogP contribution in [0.2, 0.25) is 0 Å². The van der Waals surface area contributed by atoms with Crippen LogP contribution in [0.15, 0.2) is 24.3 Å². The number of carbonyl (C=O) groups excluding carboxylic acids is 3. The second kappa shape index (κ2) is 5.91. The van der Waals surface area contributed by atoms with E-state index in [1.165, 1.54) is 12.1 Å². The van der Waals surface area contributed by atoms with E-state index < -0.39 is 29.6 Å². The minimum absolute atomic E-state index is 0.0811. The van der Waals surface area contributed by atoms with Gasteiger partial charge in [-0.15, -0.1) is 10.2 Å². The van der Waals surface area contributed by atoms with Gasteiger partial charge < -0.3 is 0 Å². The number of nitrogens with one attached hydrogen (secondary N) is 1. The van der Waals surface area contributed by atoms with Crippen molar-refractivity contribution in [3.8, 4) is 0 Å². The summed E-state index contributed by atoms with van der Waals surface area (Å²) in [5.41, 5.74) is 0.173. The number of benzene rings is 1. The summed E-state index contributed by atoms with van der Waals surface area (Å²) >= 11 is 0. The number of Topliss-reactive ketones (excluding diaryl/α,β-unsaturated/α-hetero) is 3. The predicted octanol–water partition coefficient (Wildman–Crippen LogP) is 0.293. The fraction of sp³-hybridized carbons (Fsp3) is 0.167. The molecule has 0 atom stereocenters. The monoisotopic (exact) mass is 276 g/mol. The molecule has 1 N–H and O–H groups in total. The second-order valence-corrected chi connectivity index (χ2v) is 3.96. The van der Waals surface area contributed by atoms with Crippen LogP contribution in [0.3, 0.4) is 0 Å². The predicted molar refractivity (Wildman–Crippen MR) is 63.2 cm³/mol. The number of ketones is 3. The van der Waals surface area contributed by atoms with Crippen LogP contribution in [-0.2, 0) is 16.0 Å². The van der Waals surface area contributed by atoms with E-state index in [9.17, 15) is 18.8 Å². The van der Waals surface area contributed by atoms with E-state index in [0.717, 1.165) is 12.1 Å². The van der Waals surface area contributed by atoms with Crippen molar-refractivity contribution in [1.82, 2.24) is 20.6 Å². The Kier molecular flexibility index (Phi) is 4.04. The number of H-pyrrole nitrogens is 1. The number of aromatic nitrogens is 4. The molecule has 7 nitrogen and oxygen atoms in total. The second-order valence-electron chi connectivity index (χ2n) is 3.96. The standard InChI is InChI=1S/C12H9FN4O3/c13-8-3-1-7(2-4-8)9(18)5-10(19)11(20)6-12-14-16-17-15-12/h1-4H,5-6H2,(H,14,15,16,17). The maximum atomic E-state index is 12.7. The van der Waals surface area contributed by atoms with Gasteiger partial charge >= 0.3 is 0 Å². The highest BCUT2D eigenvalue weighted by Gasteiger charge is 2.20. The van der Waals surface area contributed by atoms with Crippen molar-refractivity contribution in [1.29, 1.82) is 0 Å². The molecule has 0 saturated carbocycles. The first-order valence-corrected chi connectivity index (χ1v) is 5.63. The maximum absolute atomic E-state index is 12.7. The summed E-state index contributed by atoms with van der Waals surface area (Å²) in [6.07, 6.45) is -0.881. The molecule has 0 aliphatic carbocycles. The van der Waals surface area contributed by atoms with Gasteiger partial charge in [0.25, 0.3) is 0 Å². The van der Waals surface area contributed by atoms with Gasteiger partial charge in [-0.05, 0) is 24.3 Å². The lowest BCUT2D eigenvalue weighted by Gasteiger charge is -1.99. The number of rotatable bonds is 6. The zero-order valence-electron chi connectivity index (χ0n) is 10.2. The van der Waals surface area contributed by atoms with E-state index in [2.05, 4.69) is 20.6 Å². The van der Waals surface area contributed by atoms with Gasteiger partial charge in [0.15, 0.2) is 11.6 Å². The molecule has 1 aromatic carbocycles. The lowest BCUT2D eigenvalue weighted by atomic mass is 10.0. The molecule has 0 aliphatic heterocycles. The molecular weight excluding hydrogens is 267 g/mol. The van der Waals surface area contributed by atoms with Gasteiger partial charge in [-0.25, -0.2) is 4.39 Å². The highest BCUT2D eigenvalue weighted by molar-refractivity contribution is 6.41. The topological polar surface area (TPSA) is 106 Å². The van der Waals surface area contributed by atoms with Crippen molar-refractivity contribution in [3.05, 3.63) is 41.5 Å². The van der Waals surface area contributed by atoms with Crippen LogP contribution >= 0.6 is 0 Å². The van der Waals surface area contributed by atoms with Gasteiger partial charge in [0.05, 0.1) is 12.8 Å². The van der Waals surface area contributed by atoms with Crippen LogP contribution < -0.4 is 0 Å². The highest BCUT2D eigenvalue weighted by Crippen LogP contribution is 2.07. The lowest BCUT2D eigenvalue weighted by Crippen LogP contribution is -2.20. The number of hydrogen-bond acceptors (Lipinski definition) is 6. The Balaban J connectivity index is 1.95. The summed E-state index contributed by atoms with van der Waals surface area (Å²) in [5.74, 6) is -2.57. The Bertz CT molecular complexity index is 637. The molecule has 0 aliphatic rings. The van der Waals surface area contributed by atoms with E-state index in [1.54, 1.807) is 0 Å². The van der Waals surface area contributed by atoms with Gasteiger partial charge in [0.2, 0.25) is 11.6 Å². The summed E-state index contributed by atoms with van der Waals surface area (Å²) in [4.78, 5) is 34.9. The quantitative estimate of drug-likeness (QED) is 0.462. The molecule has 2 aromatic rings. The van der Waals surface area contributed by atoms with E-state index in [4.69, 9.17) is 0 Å². The number of hydrogen-bond donors (Lipinski definition) is 1. The van der Waals surface area contributed by atoms with Crippen molar-refractivity contribution in [2.45, 2.75) is 12.8 Å². The first-order chi connectivity index (χ1) is 9.56. The van der Waals surface area contributed by atoms with E-state index >= 15 is 0 Å². The molecule has 0 bridgehead atoms. The summed E-state index contributed by atoms with van der Waals surface area (Å²) in [7, 11) is 0. The maximum Gasteiger partial charge on any atom is 0.206 e. The number of aromatic amines is 1. The minimum Gasteiger partial charge on any atom is -0.294 e. The first kappa shape index (κ1) is 13.7. The molecule has 8 heteroatoms. The fourth-order valence-corrected chi connectivity index (χ4v) is 1.48. The minimum atomic E-state index is -0.843. The average Bonchev–Trinajstić information content (AvgIpc) is 2.92. The Labute approximate surface area is 112 Å². The molecule has 1 heterocycles. The van der Waals surface area contributed by atoms with E-state index in [-0.39, 0.29) is 17.8 Å². The SMILES string of the molecule is O=C(CC(=O)c1ccc(F)cc1)C(=O)Cc1nn[nH]n1. The third kappa shape index (κ3) is 3.37. The smallest absolute Gasteiger partial charge is 0.206 e. The molecule has 2 rings (SSSR count). The van der Waals surface area contributed by atoms with Crippen LogP contribution in [0.4, 0.5) is 4.39 Å². The highest BCUT2D eigenvalue weighted by atomic mass is 19.1. The van der Waals surface area contributed by atoms with E-state index in [1.807, 2.05) is 0 Å². The molecule has 20 heavy (non-hydrogen) atoms. The summed E-state index contributed by atoms with van der Waals surface area (Å²) in [6.45, 7) is 0. The normalized spacial score (nSPS) is 10.2. The molecule has 0 radical (unpaired) electrons. The van der Waals surface area contributed by atoms with Gasteiger partial charge in [0, 0.05) is 5.56 Å². The van der Waals surface area contributed by atoms with Crippen molar-refractivity contribution < 1.29 is 18.8 Å². The van der Waals surface area contributed by atoms with Gasteiger partial charge in [-0.3, -0.25) is 14.4 Å². The summed E-state index contributed by atoms with van der Waals surface area (Å²) in [6, 6.07) is 4.74. The third-order valence-corrected chi connectivity index (χ3v) is 2.51. The van der Waals surface area contributed by atoms with Crippen molar-refractivity contribution in [3.63, 3.8) is 0 Å². The van der Waals surface area contributed by atoms with Crippen LogP contribution in [0.5, 0.6) is 0 Å². The molecule has 1 aromatic heterocycles. The van der Waals surface area contributed by atoms with Crippen molar-refractivity contribution in [2.24, 2.45) is 0 Å². The number of tetrazole rings is 1. The van der Waals surface area contributed by atoms with E-state index in [0.29, 0.717) is 0 Å².